The third kappa shape index (κ3) is 8.30. The van der Waals surface area contributed by atoms with Crippen LogP contribution < -0.4 is 5.32 Å². The summed E-state index contributed by atoms with van der Waals surface area (Å²) in [5, 5.41) is 27.2. The zero-order chi connectivity index (χ0) is 37.0. The van der Waals surface area contributed by atoms with E-state index in [9.17, 15) is 19.5 Å². The number of fused-ring (bicyclic) bond motifs is 2. The molecule has 278 valence electrons. The number of piperazine rings is 1. The topological polar surface area (TPSA) is 127 Å². The summed E-state index contributed by atoms with van der Waals surface area (Å²) >= 11 is 0. The zero-order valence-electron chi connectivity index (χ0n) is 30.0. The summed E-state index contributed by atoms with van der Waals surface area (Å²) in [6, 6.07) is 39.0. The summed E-state index contributed by atoms with van der Waals surface area (Å²) in [6.45, 7) is 1.17. The molecule has 0 aliphatic carbocycles. The van der Waals surface area contributed by atoms with Gasteiger partial charge in [-0.25, -0.2) is 14.5 Å². The summed E-state index contributed by atoms with van der Waals surface area (Å²) in [6.07, 6.45) is 1.21. The van der Waals surface area contributed by atoms with E-state index in [1.807, 2.05) is 109 Å². The molecule has 2 N–H and O–H groups in total. The van der Waals surface area contributed by atoms with Gasteiger partial charge in [-0.3, -0.25) is 9.59 Å². The maximum absolute atomic E-state index is 14.6. The number of amides is 4. The number of nitrogens with one attached hydrogen (secondary N) is 1. The van der Waals surface area contributed by atoms with Crippen molar-refractivity contribution >= 4 is 28.6 Å². The monoisotopic (exact) mass is 904 g/mol. The van der Waals surface area contributed by atoms with Gasteiger partial charge in [0.2, 0.25) is 11.8 Å². The van der Waals surface area contributed by atoms with Crippen LogP contribution in [0.5, 0.6) is 5.75 Å². The maximum atomic E-state index is 14.6. The van der Waals surface area contributed by atoms with Crippen molar-refractivity contribution in [3.8, 4) is 5.75 Å². The van der Waals surface area contributed by atoms with Crippen LogP contribution in [0, 0.1) is 0 Å². The van der Waals surface area contributed by atoms with Gasteiger partial charge in [0.1, 0.15) is 18.0 Å². The van der Waals surface area contributed by atoms with Crippen molar-refractivity contribution in [1.29, 1.82) is 0 Å². The van der Waals surface area contributed by atoms with Crippen LogP contribution in [0.15, 0.2) is 134 Å². The maximum Gasteiger partial charge on any atom is 0.334 e. The molecule has 13 heteroatoms. The minimum atomic E-state index is -0.894. The molecule has 1 aromatic heterocycles. The molecule has 2 aliphatic rings. The van der Waals surface area contributed by atoms with E-state index in [1.165, 1.54) is 0 Å². The van der Waals surface area contributed by atoms with Gasteiger partial charge in [0.25, 0.3) is 0 Å². The molecule has 0 saturated carbocycles. The number of aromatic hydroxyl groups is 1. The van der Waals surface area contributed by atoms with Crippen LogP contribution in [0.25, 0.3) is 10.8 Å². The molecule has 55 heavy (non-hydrogen) atoms. The Hall–Kier alpha value is -5.84. The Balaban J connectivity index is 0.00000465. The van der Waals surface area contributed by atoms with Crippen LogP contribution in [0.3, 0.4) is 0 Å². The summed E-state index contributed by atoms with van der Waals surface area (Å²) in [7, 11) is 0. The molecule has 0 bridgehead atoms. The number of nitrogens with zero attached hydrogens (tertiary/aromatic N) is 7. The molecule has 0 unspecified atom stereocenters. The van der Waals surface area contributed by atoms with Gasteiger partial charge in [0, 0.05) is 40.6 Å². The van der Waals surface area contributed by atoms with Gasteiger partial charge >= 0.3 is 6.03 Å². The standard InChI is InChI=1S/C42H40N8O4.W/c51-36-20-18-30(19-21-36)22-38-41(53)46(25-34-16-9-15-33-14-7-8-17-37(33)34)28-39-49(38)40(52)29-48(50(39)42(54)43-23-31-10-3-1-4-11-31)27-35-26-47(45-44-35)24-32-12-5-2-6-13-32;/h1-21,26,38-39,51H,22-25,27-29H2,(H,43,54);/t38-,39-;/m0./s1. The fraction of sp³-hybridized carbons (Fsp3) is 0.214. The first kappa shape index (κ1) is 37.5. The van der Waals surface area contributed by atoms with E-state index in [1.54, 1.807) is 48.8 Å². The fourth-order valence-electron chi connectivity index (χ4n) is 7.47. The Morgan fingerprint density at radius 1 is 0.764 bits per heavy atom. The number of carbonyl (C=O) groups excluding carboxylic acids is 3. The number of aromatic nitrogens is 3. The van der Waals surface area contributed by atoms with Crippen molar-refractivity contribution in [3.63, 3.8) is 0 Å². The number of hydrazine groups is 1. The van der Waals surface area contributed by atoms with Gasteiger partial charge in [0.05, 0.1) is 38.1 Å². The molecule has 0 spiro atoms. The van der Waals surface area contributed by atoms with E-state index in [0.717, 1.165) is 33.0 Å². The van der Waals surface area contributed by atoms with Gasteiger partial charge in [-0.05, 0) is 45.2 Å². The number of phenolic OH excluding ortho intramolecular Hbond substituents is 1. The number of benzene rings is 5. The Kier molecular flexibility index (Phi) is 11.4. The molecule has 2 atom stereocenters. The minimum absolute atomic E-state index is 0. The molecule has 8 rings (SSSR count). The van der Waals surface area contributed by atoms with Crippen molar-refractivity contribution in [2.45, 2.75) is 44.8 Å². The van der Waals surface area contributed by atoms with Crippen molar-refractivity contribution < 1.29 is 40.6 Å². The number of hydrogen-bond donors (Lipinski definition) is 2. The molecule has 3 heterocycles. The normalized spacial score (nSPS) is 17.2. The van der Waals surface area contributed by atoms with Gasteiger partial charge < -0.3 is 20.2 Å². The second kappa shape index (κ2) is 16.7. The van der Waals surface area contributed by atoms with Gasteiger partial charge in [0.15, 0.2) is 0 Å². The number of urea groups is 1. The largest absolute Gasteiger partial charge is 0.508 e. The summed E-state index contributed by atoms with van der Waals surface area (Å²) < 4.78 is 1.74. The summed E-state index contributed by atoms with van der Waals surface area (Å²) in [5.41, 5.74) is 4.33. The number of hydrogen-bond acceptors (Lipinski definition) is 7. The SMILES string of the molecule is O=C1[C@H](Cc2ccc(O)cc2)N2C(=O)CN(Cc3cn(Cc4ccccc4)nn3)N(C(=O)NCc3ccccc3)[C@H]2CN1Cc1cccc2ccccc12.[W]. The third-order valence-electron chi connectivity index (χ3n) is 10.0. The Morgan fingerprint density at radius 3 is 2.22 bits per heavy atom. The van der Waals surface area contributed by atoms with Gasteiger partial charge in [-0.1, -0.05) is 120 Å². The van der Waals surface area contributed by atoms with Crippen LogP contribution >= 0.6 is 0 Å². The molecule has 4 amide bonds. The third-order valence-corrected chi connectivity index (χ3v) is 10.0. The van der Waals surface area contributed by atoms with Crippen LogP contribution in [0.2, 0.25) is 0 Å². The Bertz CT molecular complexity index is 2270. The molecule has 12 nitrogen and oxygen atoms in total. The molecule has 2 fully saturated rings. The molecular weight excluding hydrogens is 864 g/mol. The van der Waals surface area contributed by atoms with E-state index in [4.69, 9.17) is 0 Å². The first-order valence-corrected chi connectivity index (χ1v) is 18.0. The molecule has 0 radical (unpaired) electrons. The van der Waals surface area contributed by atoms with Crippen LogP contribution in [0.4, 0.5) is 4.79 Å². The quantitative estimate of drug-likeness (QED) is 0.200. The molecular formula is C42H40N8O4W. The zero-order valence-corrected chi connectivity index (χ0v) is 33.0. The van der Waals surface area contributed by atoms with Crippen LogP contribution in [-0.2, 0) is 63.3 Å². The summed E-state index contributed by atoms with van der Waals surface area (Å²) in [5.74, 6) is -0.371. The van der Waals surface area contributed by atoms with E-state index in [-0.39, 0.29) is 77.8 Å². The smallest absolute Gasteiger partial charge is 0.334 e. The molecule has 6 aromatic rings. The van der Waals surface area contributed by atoms with Crippen molar-refractivity contribution in [2.75, 3.05) is 13.1 Å². The van der Waals surface area contributed by atoms with E-state index >= 15 is 0 Å². The second-order valence-electron chi connectivity index (χ2n) is 13.7. The van der Waals surface area contributed by atoms with E-state index < -0.39 is 18.2 Å². The first-order chi connectivity index (χ1) is 26.4. The van der Waals surface area contributed by atoms with E-state index in [2.05, 4.69) is 15.6 Å². The minimum Gasteiger partial charge on any atom is -0.508 e. The number of carbonyl (C=O) groups is 3. The first-order valence-electron chi connectivity index (χ1n) is 18.0. The molecule has 5 aromatic carbocycles. The average Bonchev–Trinajstić information content (AvgIpc) is 3.63. The number of rotatable bonds is 10. The average molecular weight is 905 g/mol. The van der Waals surface area contributed by atoms with Crippen LogP contribution in [-0.4, -0.2) is 83.1 Å². The van der Waals surface area contributed by atoms with Crippen molar-refractivity contribution in [2.24, 2.45) is 0 Å². The van der Waals surface area contributed by atoms with Gasteiger partial charge in [-0.15, -0.1) is 5.10 Å². The fourth-order valence-corrected chi connectivity index (χ4v) is 7.47. The second-order valence-corrected chi connectivity index (χ2v) is 13.7. The summed E-state index contributed by atoms with van der Waals surface area (Å²) in [4.78, 5) is 46.7. The molecule has 2 aliphatic heterocycles. The predicted molar refractivity (Wildman–Crippen MR) is 202 cm³/mol. The predicted octanol–water partition coefficient (Wildman–Crippen LogP) is 4.93. The Morgan fingerprint density at radius 2 is 1.45 bits per heavy atom. The molecule has 2 saturated heterocycles. The van der Waals surface area contributed by atoms with Crippen molar-refractivity contribution in [3.05, 3.63) is 162 Å². The van der Waals surface area contributed by atoms with Gasteiger partial charge in [-0.2, -0.15) is 5.01 Å². The number of phenols is 1. The van der Waals surface area contributed by atoms with Crippen LogP contribution in [0.1, 0.15) is 27.9 Å². The van der Waals surface area contributed by atoms with E-state index in [0.29, 0.717) is 12.2 Å². The Labute approximate surface area is 333 Å². The van der Waals surface area contributed by atoms with Crippen molar-refractivity contribution in [1.82, 2.24) is 40.1 Å².